The van der Waals surface area contributed by atoms with Crippen LogP contribution in [0.4, 0.5) is 34.3 Å². The minimum Gasteiger partial charge on any atom is -0.453 e. The Morgan fingerprint density at radius 3 is 2.17 bits per heavy atom. The molecule has 3 fully saturated rings. The molecule has 6 amide bonds. The number of anilines is 2. The Bertz CT molecular complexity index is 2830. The Kier molecular flexibility index (Phi) is 16.2. The second-order valence-corrected chi connectivity index (χ2v) is 20.7. The van der Waals surface area contributed by atoms with E-state index in [0.717, 1.165) is 6.07 Å². The third-order valence-corrected chi connectivity index (χ3v) is 14.0. The van der Waals surface area contributed by atoms with Crippen molar-refractivity contribution >= 4 is 47.3 Å². The van der Waals surface area contributed by atoms with Crippen molar-refractivity contribution in [2.24, 2.45) is 11.3 Å². The van der Waals surface area contributed by atoms with Gasteiger partial charge in [0.05, 0.1) is 44.0 Å². The number of pyridine rings is 1. The summed E-state index contributed by atoms with van der Waals surface area (Å²) in [7, 11) is 2.44. The van der Waals surface area contributed by atoms with Gasteiger partial charge in [0.15, 0.2) is 0 Å². The number of hydrogen-bond acceptors (Lipinski definition) is 12. The van der Waals surface area contributed by atoms with E-state index in [1.165, 1.54) is 37.4 Å². The van der Waals surface area contributed by atoms with Gasteiger partial charge < -0.3 is 49.4 Å². The lowest BCUT2D eigenvalue weighted by Crippen LogP contribution is -2.62. The molecule has 4 aromatic rings. The van der Waals surface area contributed by atoms with Crippen LogP contribution in [-0.2, 0) is 23.9 Å². The minimum absolute atomic E-state index is 0.0647. The van der Waals surface area contributed by atoms with Crippen LogP contribution in [0.25, 0.3) is 22.4 Å². The number of benzene rings is 2. The van der Waals surface area contributed by atoms with Crippen molar-refractivity contribution in [2.75, 3.05) is 57.2 Å². The molecule has 4 N–H and O–H groups in total. The van der Waals surface area contributed by atoms with Crippen molar-refractivity contribution in [2.45, 2.75) is 105 Å². The van der Waals surface area contributed by atoms with Crippen molar-refractivity contribution in [3.63, 3.8) is 0 Å². The van der Waals surface area contributed by atoms with Crippen molar-refractivity contribution in [3.8, 4) is 28.1 Å². The maximum absolute atomic E-state index is 14.2. The number of nitrogens with zero attached hydrogens (tertiary/aromatic N) is 6. The molecule has 3 saturated heterocycles. The number of allylic oxidation sites excluding steroid dienone is 1. The number of carbonyl (C=O) groups is 6. The summed E-state index contributed by atoms with van der Waals surface area (Å²) in [6, 6.07) is 12.4. The normalized spacial score (nSPS) is 19.8. The average Bonchev–Trinajstić information content (AvgIpc) is 4.11. The molecule has 0 aliphatic carbocycles. The molecule has 0 bridgehead atoms. The Hall–Kier alpha value is -7.65. The molecule has 19 nitrogen and oxygen atoms in total. The predicted octanol–water partition coefficient (Wildman–Crippen LogP) is 8.04. The molecule has 0 unspecified atom stereocenters. The zero-order chi connectivity index (χ0) is 54.7. The highest BCUT2D eigenvalue weighted by Crippen LogP contribution is 2.43. The molecule has 0 radical (unpaired) electrons. The molecule has 2 aromatic heterocycles. The van der Waals surface area contributed by atoms with Gasteiger partial charge in [-0.3, -0.25) is 24.5 Å². The fourth-order valence-electron chi connectivity index (χ4n) is 10.1. The summed E-state index contributed by atoms with van der Waals surface area (Å²) in [6.45, 7) is 16.7. The number of nitrogens with one attached hydrogen (secondary N) is 4. The third-order valence-electron chi connectivity index (χ3n) is 14.0. The van der Waals surface area contributed by atoms with Gasteiger partial charge in [-0.05, 0) is 105 Å². The summed E-state index contributed by atoms with van der Waals surface area (Å²) in [5.41, 5.74) is 1.16. The van der Waals surface area contributed by atoms with Crippen LogP contribution in [0.1, 0.15) is 96.9 Å². The Balaban J connectivity index is 1.00. The first-order valence-electron chi connectivity index (χ1n) is 24.7. The number of amides is 6. The summed E-state index contributed by atoms with van der Waals surface area (Å²) in [6.07, 6.45) is -1.85. The molecule has 3 aliphatic rings. The van der Waals surface area contributed by atoms with Crippen LogP contribution in [0.5, 0.6) is 5.75 Å². The van der Waals surface area contributed by atoms with Crippen LogP contribution < -0.4 is 25.6 Å². The van der Waals surface area contributed by atoms with Crippen LogP contribution >= 0.6 is 0 Å². The first-order chi connectivity index (χ1) is 35.3. The standard InChI is InChI=1S/C53H65F3N10O9/c1-30(2)42(61-49(71)73-9)46(68)65-29-51(6,7)25-39(65)44-58-27-38(60-44)34-14-12-33(13-15-34)37-18-16-35(24-40(37)75-53(54,55)56)45(67)59-36-17-19-41(57-26-36)64-23-22-63(28-32(64)5)48(70)52(8)20-11-21-66(52)47(69)43(31(3)4)62-50(72)74-10/h12-19,24,26-27,30,32,39,42H,11,20-23,25,28-29H2,1-10H3,(H,58,60)(H,59,67)(H,61,71)(H,62,72)/t32-,39+,42+,52+/m1/s1. The molecule has 5 heterocycles. The number of aromatic amines is 1. The highest BCUT2D eigenvalue weighted by molar-refractivity contribution is 6.05. The van der Waals surface area contributed by atoms with Gasteiger partial charge in [-0.15, -0.1) is 13.2 Å². The van der Waals surface area contributed by atoms with Gasteiger partial charge in [-0.1, -0.05) is 52.0 Å². The predicted molar refractivity (Wildman–Crippen MR) is 272 cm³/mol. The largest absolute Gasteiger partial charge is 0.573 e. The fraction of sp³-hybridized carbons (Fsp3) is 0.472. The smallest absolute Gasteiger partial charge is 0.453 e. The average molecular weight is 1040 g/mol. The second kappa shape index (κ2) is 22.1. The highest BCUT2D eigenvalue weighted by Gasteiger charge is 2.50. The van der Waals surface area contributed by atoms with Crippen LogP contribution in [0.2, 0.25) is 0 Å². The minimum atomic E-state index is -5.08. The number of carbonyl (C=O) groups excluding carboxylic acids is 6. The van der Waals surface area contributed by atoms with Gasteiger partial charge in [0.1, 0.15) is 34.7 Å². The first kappa shape index (κ1) is 55.1. The van der Waals surface area contributed by atoms with Gasteiger partial charge in [-0.2, -0.15) is 0 Å². The molecule has 0 saturated carbocycles. The van der Waals surface area contributed by atoms with E-state index < -0.39 is 53.7 Å². The maximum atomic E-state index is 14.2. The number of halogens is 3. The SMILES string of the molecule is COC(=O)NC(C(=O)N1CCC[C@@]1(C)C(=O)N1CCN(c2ccc(NC(=O)c3ccc(-c4ccc(-c5cnc([C@@H]6CC(C)(C)CN6C(=O)[C@@H](NC(=O)OC)C(C)C)[nH]5)cc4)c(OC(F)(F)F)c3)cn2)[C@H](C)C1)=C(C)C. The topological polar surface area (TPSA) is 221 Å². The van der Waals surface area contributed by atoms with Crippen molar-refractivity contribution in [1.29, 1.82) is 0 Å². The van der Waals surface area contributed by atoms with Crippen LogP contribution in [0, 0.1) is 11.3 Å². The molecule has 402 valence electrons. The number of H-pyrrole nitrogens is 1. The van der Waals surface area contributed by atoms with Gasteiger partial charge >= 0.3 is 18.5 Å². The van der Waals surface area contributed by atoms with Gasteiger partial charge in [0.2, 0.25) is 11.8 Å². The lowest BCUT2D eigenvalue weighted by Gasteiger charge is -2.44. The van der Waals surface area contributed by atoms with Crippen molar-refractivity contribution in [3.05, 3.63) is 89.6 Å². The van der Waals surface area contributed by atoms with E-state index in [-0.39, 0.29) is 51.7 Å². The summed E-state index contributed by atoms with van der Waals surface area (Å²) in [4.78, 5) is 99.0. The number of imidazole rings is 1. The van der Waals surface area contributed by atoms with E-state index in [4.69, 9.17) is 9.47 Å². The number of methoxy groups -OCH3 is 2. The first-order valence-corrected chi connectivity index (χ1v) is 24.7. The second-order valence-electron chi connectivity index (χ2n) is 20.7. The molecule has 7 rings (SSSR count). The molecule has 0 spiro atoms. The number of aromatic nitrogens is 3. The van der Waals surface area contributed by atoms with Crippen molar-refractivity contribution in [1.82, 2.24) is 40.3 Å². The number of alkyl halides is 3. The summed E-state index contributed by atoms with van der Waals surface area (Å²) in [5.74, 6) is -1.32. The quantitative estimate of drug-likeness (QED) is 0.0935. The number of piperazine rings is 1. The zero-order valence-corrected chi connectivity index (χ0v) is 43.8. The lowest BCUT2D eigenvalue weighted by molar-refractivity contribution is -0.274. The van der Waals surface area contributed by atoms with E-state index >= 15 is 0 Å². The van der Waals surface area contributed by atoms with Crippen LogP contribution in [0.15, 0.2) is 78.3 Å². The monoisotopic (exact) mass is 1040 g/mol. The maximum Gasteiger partial charge on any atom is 0.573 e. The molecule has 22 heteroatoms. The van der Waals surface area contributed by atoms with E-state index in [9.17, 15) is 41.9 Å². The molecule has 2 aromatic carbocycles. The molecular formula is C53H65F3N10O9. The fourth-order valence-corrected chi connectivity index (χ4v) is 10.1. The molecule has 4 atom stereocenters. The Morgan fingerprint density at radius 2 is 1.56 bits per heavy atom. The Morgan fingerprint density at radius 1 is 0.867 bits per heavy atom. The Labute approximate surface area is 433 Å². The summed E-state index contributed by atoms with van der Waals surface area (Å²) < 4.78 is 55.6. The van der Waals surface area contributed by atoms with Gasteiger partial charge in [-0.25, -0.2) is 19.6 Å². The molecule has 75 heavy (non-hydrogen) atoms. The van der Waals surface area contributed by atoms with E-state index in [1.807, 2.05) is 25.7 Å². The van der Waals surface area contributed by atoms with Crippen molar-refractivity contribution < 1.29 is 56.1 Å². The van der Waals surface area contributed by atoms with Gasteiger partial charge in [0.25, 0.3) is 11.8 Å². The number of rotatable bonds is 13. The van der Waals surface area contributed by atoms with Gasteiger partial charge in [0, 0.05) is 49.9 Å². The molecule has 3 aliphatic heterocycles. The molecular weight excluding hydrogens is 978 g/mol. The van der Waals surface area contributed by atoms with E-state index in [1.54, 1.807) is 73.2 Å². The lowest BCUT2D eigenvalue weighted by atomic mass is 9.90. The van der Waals surface area contributed by atoms with E-state index in [2.05, 4.69) is 49.5 Å². The highest BCUT2D eigenvalue weighted by atomic mass is 19.4. The summed E-state index contributed by atoms with van der Waals surface area (Å²) in [5, 5.41) is 7.86. The third kappa shape index (κ3) is 12.3. The number of alkyl carbamates (subject to hydrolysis) is 2. The number of likely N-dealkylation sites (tertiary alicyclic amines) is 2. The van der Waals surface area contributed by atoms with Crippen LogP contribution in [0.3, 0.4) is 0 Å². The number of ether oxygens (including phenoxy) is 3. The summed E-state index contributed by atoms with van der Waals surface area (Å²) >= 11 is 0. The number of hydrogen-bond donors (Lipinski definition) is 4. The van der Waals surface area contributed by atoms with Crippen LogP contribution in [-0.4, -0.2) is 136 Å². The van der Waals surface area contributed by atoms with E-state index in [0.29, 0.717) is 86.0 Å². The zero-order valence-electron chi connectivity index (χ0n) is 43.8.